The largest absolute Gasteiger partial charge is 0.497 e. The third kappa shape index (κ3) is 3.05. The Balaban J connectivity index is 2.37. The second-order valence-corrected chi connectivity index (χ2v) is 5.31. The summed E-state index contributed by atoms with van der Waals surface area (Å²) in [5.41, 5.74) is 8.19. The van der Waals surface area contributed by atoms with Gasteiger partial charge < -0.3 is 10.5 Å². The van der Waals surface area contributed by atoms with Gasteiger partial charge in [0, 0.05) is 9.50 Å². The van der Waals surface area contributed by atoms with Gasteiger partial charge in [0.05, 0.1) is 13.2 Å². The molecule has 18 heavy (non-hydrogen) atoms. The van der Waals surface area contributed by atoms with E-state index in [1.165, 1.54) is 0 Å². The summed E-state index contributed by atoms with van der Waals surface area (Å²) < 4.78 is 6.12. The highest BCUT2D eigenvalue weighted by Crippen LogP contribution is 2.27. The minimum absolute atomic E-state index is 0.227. The van der Waals surface area contributed by atoms with Gasteiger partial charge in [-0.05, 0) is 41.5 Å². The lowest BCUT2D eigenvalue weighted by Crippen LogP contribution is -2.11. The highest BCUT2D eigenvalue weighted by molar-refractivity contribution is 9.10. The van der Waals surface area contributed by atoms with Crippen LogP contribution in [0.1, 0.15) is 17.2 Å². The topological polar surface area (TPSA) is 35.2 Å². The normalized spacial score (nSPS) is 12.2. The van der Waals surface area contributed by atoms with E-state index in [4.69, 9.17) is 22.1 Å². The van der Waals surface area contributed by atoms with Crippen molar-refractivity contribution in [2.75, 3.05) is 7.11 Å². The number of benzene rings is 2. The fourth-order valence-electron chi connectivity index (χ4n) is 1.78. The van der Waals surface area contributed by atoms with Crippen molar-refractivity contribution in [1.29, 1.82) is 0 Å². The first-order valence-electron chi connectivity index (χ1n) is 5.45. The number of halogens is 2. The van der Waals surface area contributed by atoms with Gasteiger partial charge in [-0.3, -0.25) is 0 Å². The summed E-state index contributed by atoms with van der Waals surface area (Å²) >= 11 is 9.45. The number of hydrogen-bond donors (Lipinski definition) is 1. The molecule has 0 bridgehead atoms. The molecule has 4 heteroatoms. The lowest BCUT2D eigenvalue weighted by atomic mass is 9.99. The van der Waals surface area contributed by atoms with Crippen molar-refractivity contribution in [2.24, 2.45) is 5.73 Å². The molecular weight excluding hydrogens is 314 g/mol. The van der Waals surface area contributed by atoms with E-state index in [0.717, 1.165) is 21.3 Å². The molecule has 0 radical (unpaired) electrons. The van der Waals surface area contributed by atoms with Crippen LogP contribution < -0.4 is 10.5 Å². The molecule has 0 aliphatic rings. The van der Waals surface area contributed by atoms with Crippen molar-refractivity contribution in [2.45, 2.75) is 6.04 Å². The third-order valence-electron chi connectivity index (χ3n) is 2.70. The van der Waals surface area contributed by atoms with E-state index >= 15 is 0 Å². The van der Waals surface area contributed by atoms with E-state index in [-0.39, 0.29) is 6.04 Å². The van der Waals surface area contributed by atoms with E-state index in [9.17, 15) is 0 Å². The first kappa shape index (κ1) is 13.4. The van der Waals surface area contributed by atoms with E-state index in [2.05, 4.69) is 15.9 Å². The average molecular weight is 327 g/mol. The molecule has 0 aromatic heterocycles. The Hall–Kier alpha value is -1.03. The highest BCUT2D eigenvalue weighted by atomic mass is 79.9. The molecule has 1 atom stereocenters. The first-order valence-corrected chi connectivity index (χ1v) is 6.63. The van der Waals surface area contributed by atoms with Crippen molar-refractivity contribution in [3.8, 4) is 5.75 Å². The van der Waals surface area contributed by atoms with E-state index in [1.54, 1.807) is 7.11 Å². The number of ether oxygens (including phenoxy) is 1. The summed E-state index contributed by atoms with van der Waals surface area (Å²) in [6.45, 7) is 0. The van der Waals surface area contributed by atoms with Gasteiger partial charge in [0.15, 0.2) is 0 Å². The molecule has 2 aromatic carbocycles. The molecule has 0 aliphatic carbocycles. The van der Waals surface area contributed by atoms with Crippen molar-refractivity contribution >= 4 is 27.5 Å². The fourth-order valence-corrected chi connectivity index (χ4v) is 2.67. The zero-order valence-electron chi connectivity index (χ0n) is 9.86. The third-order valence-corrected chi connectivity index (χ3v) is 3.37. The lowest BCUT2D eigenvalue weighted by molar-refractivity contribution is 0.414. The molecule has 2 N–H and O–H groups in total. The predicted molar refractivity (Wildman–Crippen MR) is 78.2 cm³/mol. The van der Waals surface area contributed by atoms with Gasteiger partial charge in [-0.2, -0.15) is 0 Å². The maximum absolute atomic E-state index is 6.24. The Morgan fingerprint density at radius 3 is 2.61 bits per heavy atom. The zero-order chi connectivity index (χ0) is 13.1. The Kier molecular flexibility index (Phi) is 4.27. The zero-order valence-corrected chi connectivity index (χ0v) is 12.2. The molecule has 0 amide bonds. The SMILES string of the molecule is COc1cccc(C(N)c2cc(Cl)cc(Br)c2)c1. The van der Waals surface area contributed by atoms with Gasteiger partial charge >= 0.3 is 0 Å². The predicted octanol–water partition coefficient (Wildman–Crippen LogP) is 4.16. The molecule has 2 rings (SSSR count). The smallest absolute Gasteiger partial charge is 0.119 e. The summed E-state index contributed by atoms with van der Waals surface area (Å²) in [4.78, 5) is 0. The number of nitrogens with two attached hydrogens (primary N) is 1. The van der Waals surface area contributed by atoms with Crippen molar-refractivity contribution in [3.63, 3.8) is 0 Å². The molecule has 94 valence electrons. The van der Waals surface area contributed by atoms with Gasteiger partial charge in [0.1, 0.15) is 5.75 Å². The molecular formula is C14H13BrClNO. The van der Waals surface area contributed by atoms with Crippen LogP contribution in [0.15, 0.2) is 46.9 Å². The van der Waals surface area contributed by atoms with Gasteiger partial charge in [0.25, 0.3) is 0 Å². The maximum atomic E-state index is 6.24. The van der Waals surface area contributed by atoms with Crippen LogP contribution in [0.25, 0.3) is 0 Å². The van der Waals surface area contributed by atoms with Gasteiger partial charge in [-0.15, -0.1) is 0 Å². The molecule has 0 saturated carbocycles. The van der Waals surface area contributed by atoms with E-state index < -0.39 is 0 Å². The van der Waals surface area contributed by atoms with Gasteiger partial charge in [-0.1, -0.05) is 39.7 Å². The second kappa shape index (κ2) is 5.74. The summed E-state index contributed by atoms with van der Waals surface area (Å²) in [7, 11) is 1.64. The molecule has 0 saturated heterocycles. The number of hydrogen-bond acceptors (Lipinski definition) is 2. The molecule has 2 aromatic rings. The maximum Gasteiger partial charge on any atom is 0.119 e. The van der Waals surface area contributed by atoms with Crippen LogP contribution in [-0.4, -0.2) is 7.11 Å². The minimum atomic E-state index is -0.227. The summed E-state index contributed by atoms with van der Waals surface area (Å²) in [6, 6.07) is 13.2. The second-order valence-electron chi connectivity index (χ2n) is 3.96. The van der Waals surface area contributed by atoms with Crippen molar-refractivity contribution in [1.82, 2.24) is 0 Å². The minimum Gasteiger partial charge on any atom is -0.497 e. The molecule has 0 fully saturated rings. The summed E-state index contributed by atoms with van der Waals surface area (Å²) in [5, 5.41) is 0.665. The number of rotatable bonds is 3. The Morgan fingerprint density at radius 2 is 1.94 bits per heavy atom. The molecule has 2 nitrogen and oxygen atoms in total. The monoisotopic (exact) mass is 325 g/mol. The van der Waals surface area contributed by atoms with Crippen LogP contribution in [0.3, 0.4) is 0 Å². The summed E-state index contributed by atoms with van der Waals surface area (Å²) in [6.07, 6.45) is 0. The van der Waals surface area contributed by atoms with Crippen LogP contribution in [0.5, 0.6) is 5.75 Å². The molecule has 0 spiro atoms. The molecule has 0 aliphatic heterocycles. The van der Waals surface area contributed by atoms with Gasteiger partial charge in [0.2, 0.25) is 0 Å². The fraction of sp³-hybridized carbons (Fsp3) is 0.143. The lowest BCUT2D eigenvalue weighted by Gasteiger charge is -2.14. The number of methoxy groups -OCH3 is 1. The van der Waals surface area contributed by atoms with Crippen molar-refractivity contribution in [3.05, 3.63) is 63.1 Å². The molecule has 1 unspecified atom stereocenters. The Morgan fingerprint density at radius 1 is 1.17 bits per heavy atom. The van der Waals surface area contributed by atoms with Crippen LogP contribution >= 0.6 is 27.5 Å². The van der Waals surface area contributed by atoms with Crippen LogP contribution in [0.2, 0.25) is 5.02 Å². The summed E-state index contributed by atoms with van der Waals surface area (Å²) in [5.74, 6) is 0.795. The Labute approximate surface area is 120 Å². The van der Waals surface area contributed by atoms with Crippen LogP contribution in [-0.2, 0) is 0 Å². The first-order chi connectivity index (χ1) is 8.60. The average Bonchev–Trinajstić information content (AvgIpc) is 2.37. The highest BCUT2D eigenvalue weighted by Gasteiger charge is 2.11. The van der Waals surface area contributed by atoms with Gasteiger partial charge in [-0.25, -0.2) is 0 Å². The Bertz CT molecular complexity index is 539. The van der Waals surface area contributed by atoms with E-state index in [0.29, 0.717) is 5.02 Å². The quantitative estimate of drug-likeness (QED) is 0.919. The molecule has 0 heterocycles. The van der Waals surface area contributed by atoms with Crippen molar-refractivity contribution < 1.29 is 4.74 Å². The van der Waals surface area contributed by atoms with Crippen LogP contribution in [0, 0.1) is 0 Å². The van der Waals surface area contributed by atoms with E-state index in [1.807, 2.05) is 42.5 Å². The van der Waals surface area contributed by atoms with Crippen LogP contribution in [0.4, 0.5) is 0 Å². The standard InChI is InChI=1S/C14H13BrClNO/c1-18-13-4-2-3-9(7-13)14(17)10-5-11(15)8-12(16)6-10/h2-8,14H,17H2,1H3.